The first-order valence-electron chi connectivity index (χ1n) is 8.89. The van der Waals surface area contributed by atoms with E-state index in [4.69, 9.17) is 16.3 Å². The fourth-order valence-electron chi connectivity index (χ4n) is 2.97. The molecule has 0 aliphatic heterocycles. The number of hydrogen-bond acceptors (Lipinski definition) is 3. The average molecular weight is 384 g/mol. The summed E-state index contributed by atoms with van der Waals surface area (Å²) in [6, 6.07) is 13.0. The normalized spacial score (nSPS) is 10.7. The van der Waals surface area contributed by atoms with Gasteiger partial charge < -0.3 is 10.1 Å². The van der Waals surface area contributed by atoms with Crippen LogP contribution in [0.25, 0.3) is 5.69 Å². The zero-order valence-corrected chi connectivity index (χ0v) is 16.4. The van der Waals surface area contributed by atoms with Gasteiger partial charge in [-0.2, -0.15) is 5.10 Å². The Labute approximate surface area is 163 Å². The maximum absolute atomic E-state index is 12.8. The molecule has 1 amide bonds. The molecule has 0 saturated heterocycles. The summed E-state index contributed by atoms with van der Waals surface area (Å²) in [4.78, 5) is 12.8. The molecule has 0 fully saturated rings. The van der Waals surface area contributed by atoms with Gasteiger partial charge >= 0.3 is 0 Å². The molecular weight excluding hydrogens is 362 g/mol. The SMILES string of the molecule is CCc1ccc(Cl)c(CC)c1NC(=O)c1ccn(-c2ccc(OC)cc2)n1. The highest BCUT2D eigenvalue weighted by Gasteiger charge is 2.16. The predicted octanol–water partition coefficient (Wildman–Crippen LogP) is 4.91. The van der Waals surface area contributed by atoms with Crippen LogP contribution >= 0.6 is 11.6 Å². The molecule has 0 aliphatic carbocycles. The molecule has 0 saturated carbocycles. The fourth-order valence-corrected chi connectivity index (χ4v) is 3.26. The molecule has 0 unspecified atom stereocenters. The third-order valence-corrected chi connectivity index (χ3v) is 4.83. The molecule has 2 aromatic carbocycles. The summed E-state index contributed by atoms with van der Waals surface area (Å²) in [5, 5.41) is 8.06. The van der Waals surface area contributed by atoms with Crippen molar-refractivity contribution in [2.45, 2.75) is 26.7 Å². The Balaban J connectivity index is 1.86. The molecular formula is C21H22ClN3O2. The van der Waals surface area contributed by atoms with E-state index in [0.717, 1.165) is 41.1 Å². The largest absolute Gasteiger partial charge is 0.497 e. The van der Waals surface area contributed by atoms with Crippen molar-refractivity contribution >= 4 is 23.2 Å². The van der Waals surface area contributed by atoms with Gasteiger partial charge in [0.2, 0.25) is 0 Å². The minimum absolute atomic E-state index is 0.256. The Hall–Kier alpha value is -2.79. The Morgan fingerprint density at radius 3 is 2.48 bits per heavy atom. The number of hydrogen-bond donors (Lipinski definition) is 1. The molecule has 0 spiro atoms. The summed E-state index contributed by atoms with van der Waals surface area (Å²) >= 11 is 6.32. The number of nitrogens with one attached hydrogen (secondary N) is 1. The van der Waals surface area contributed by atoms with Gasteiger partial charge in [-0.1, -0.05) is 31.5 Å². The Kier molecular flexibility index (Phi) is 5.81. The highest BCUT2D eigenvalue weighted by molar-refractivity contribution is 6.32. The molecule has 140 valence electrons. The van der Waals surface area contributed by atoms with Crippen molar-refractivity contribution in [3.05, 3.63) is 70.5 Å². The molecule has 0 atom stereocenters. The minimum atomic E-state index is -0.256. The van der Waals surface area contributed by atoms with Crippen LogP contribution in [0.1, 0.15) is 35.5 Å². The van der Waals surface area contributed by atoms with Crippen LogP contribution in [0.5, 0.6) is 5.75 Å². The summed E-state index contributed by atoms with van der Waals surface area (Å²) < 4.78 is 6.82. The van der Waals surface area contributed by atoms with E-state index in [1.54, 1.807) is 24.1 Å². The lowest BCUT2D eigenvalue weighted by Gasteiger charge is -2.15. The van der Waals surface area contributed by atoms with E-state index in [1.165, 1.54) is 0 Å². The Morgan fingerprint density at radius 2 is 1.85 bits per heavy atom. The zero-order valence-electron chi connectivity index (χ0n) is 15.6. The zero-order chi connectivity index (χ0) is 19.4. The Bertz CT molecular complexity index is 949. The molecule has 3 rings (SSSR count). The van der Waals surface area contributed by atoms with Crippen molar-refractivity contribution in [1.29, 1.82) is 0 Å². The summed E-state index contributed by atoms with van der Waals surface area (Å²) in [5.74, 6) is 0.512. The smallest absolute Gasteiger partial charge is 0.276 e. The van der Waals surface area contributed by atoms with Crippen molar-refractivity contribution in [2.75, 3.05) is 12.4 Å². The first-order chi connectivity index (χ1) is 13.1. The van der Waals surface area contributed by atoms with E-state index in [-0.39, 0.29) is 5.91 Å². The lowest BCUT2D eigenvalue weighted by Crippen LogP contribution is -2.16. The summed E-state index contributed by atoms with van der Waals surface area (Å²) in [6.07, 6.45) is 3.30. The van der Waals surface area contributed by atoms with E-state index in [2.05, 4.69) is 17.3 Å². The Morgan fingerprint density at radius 1 is 1.11 bits per heavy atom. The van der Waals surface area contributed by atoms with Gasteiger partial charge in [0.25, 0.3) is 5.91 Å². The molecule has 6 heteroatoms. The monoisotopic (exact) mass is 383 g/mol. The quantitative estimate of drug-likeness (QED) is 0.657. The number of carbonyl (C=O) groups is 1. The van der Waals surface area contributed by atoms with Crippen molar-refractivity contribution < 1.29 is 9.53 Å². The number of rotatable bonds is 6. The van der Waals surface area contributed by atoms with Crippen LogP contribution in [0, 0.1) is 0 Å². The van der Waals surface area contributed by atoms with Crippen LogP contribution in [-0.4, -0.2) is 22.8 Å². The van der Waals surface area contributed by atoms with Gasteiger partial charge in [0.05, 0.1) is 12.8 Å². The van der Waals surface area contributed by atoms with Crippen molar-refractivity contribution in [3.63, 3.8) is 0 Å². The summed E-state index contributed by atoms with van der Waals surface area (Å²) in [6.45, 7) is 4.07. The van der Waals surface area contributed by atoms with Crippen LogP contribution in [0.2, 0.25) is 5.02 Å². The van der Waals surface area contributed by atoms with Crippen LogP contribution < -0.4 is 10.1 Å². The van der Waals surface area contributed by atoms with E-state index in [0.29, 0.717) is 10.7 Å². The highest BCUT2D eigenvalue weighted by Crippen LogP contribution is 2.30. The molecule has 0 aliphatic rings. The van der Waals surface area contributed by atoms with Gasteiger partial charge in [-0.05, 0) is 60.4 Å². The number of aromatic nitrogens is 2. The predicted molar refractivity (Wildman–Crippen MR) is 108 cm³/mol. The second-order valence-corrected chi connectivity index (χ2v) is 6.47. The van der Waals surface area contributed by atoms with E-state index < -0.39 is 0 Å². The van der Waals surface area contributed by atoms with E-state index in [9.17, 15) is 4.79 Å². The summed E-state index contributed by atoms with van der Waals surface area (Å²) in [5.41, 5.74) is 3.98. The van der Waals surface area contributed by atoms with Crippen LogP contribution in [-0.2, 0) is 12.8 Å². The first kappa shape index (κ1) is 19.0. The molecule has 0 bridgehead atoms. The third kappa shape index (κ3) is 3.98. The number of ether oxygens (including phenoxy) is 1. The van der Waals surface area contributed by atoms with Gasteiger partial charge in [0, 0.05) is 16.9 Å². The van der Waals surface area contributed by atoms with Gasteiger partial charge in [-0.15, -0.1) is 0 Å². The van der Waals surface area contributed by atoms with Gasteiger partial charge in [-0.25, -0.2) is 4.68 Å². The lowest BCUT2D eigenvalue weighted by atomic mass is 10.0. The number of nitrogens with zero attached hydrogens (tertiary/aromatic N) is 2. The van der Waals surface area contributed by atoms with Crippen LogP contribution in [0.3, 0.4) is 0 Å². The van der Waals surface area contributed by atoms with Crippen LogP contribution in [0.15, 0.2) is 48.7 Å². The number of anilines is 1. The lowest BCUT2D eigenvalue weighted by molar-refractivity contribution is 0.102. The number of methoxy groups -OCH3 is 1. The number of aryl methyl sites for hydroxylation is 1. The maximum Gasteiger partial charge on any atom is 0.276 e. The van der Waals surface area contributed by atoms with Crippen molar-refractivity contribution in [1.82, 2.24) is 9.78 Å². The van der Waals surface area contributed by atoms with Gasteiger partial charge in [-0.3, -0.25) is 4.79 Å². The number of amides is 1. The molecule has 27 heavy (non-hydrogen) atoms. The second-order valence-electron chi connectivity index (χ2n) is 6.06. The maximum atomic E-state index is 12.8. The topological polar surface area (TPSA) is 56.2 Å². The molecule has 1 aromatic heterocycles. The van der Waals surface area contributed by atoms with Gasteiger partial charge in [0.15, 0.2) is 5.69 Å². The fraction of sp³-hybridized carbons (Fsp3) is 0.238. The first-order valence-corrected chi connectivity index (χ1v) is 9.26. The van der Waals surface area contributed by atoms with Crippen molar-refractivity contribution in [2.24, 2.45) is 0 Å². The van der Waals surface area contributed by atoms with Gasteiger partial charge in [0.1, 0.15) is 5.75 Å². The molecule has 5 nitrogen and oxygen atoms in total. The van der Waals surface area contributed by atoms with E-state index in [1.807, 2.05) is 43.3 Å². The van der Waals surface area contributed by atoms with E-state index >= 15 is 0 Å². The molecule has 1 heterocycles. The van der Waals surface area contributed by atoms with Crippen LogP contribution in [0.4, 0.5) is 5.69 Å². The number of halogens is 1. The summed E-state index contributed by atoms with van der Waals surface area (Å²) in [7, 11) is 1.62. The molecule has 1 N–H and O–H groups in total. The van der Waals surface area contributed by atoms with Crippen molar-refractivity contribution in [3.8, 4) is 11.4 Å². The standard InChI is InChI=1S/C21H22ClN3O2/c1-4-14-6-11-18(22)17(5-2)20(14)23-21(26)19-12-13-25(24-19)15-7-9-16(27-3)10-8-15/h6-13H,4-5H2,1-3H3,(H,23,26). The number of carbonyl (C=O) groups excluding carboxylic acids is 1. The third-order valence-electron chi connectivity index (χ3n) is 4.47. The highest BCUT2D eigenvalue weighted by atomic mass is 35.5. The molecule has 0 radical (unpaired) electrons. The molecule has 3 aromatic rings. The minimum Gasteiger partial charge on any atom is -0.497 e. The average Bonchev–Trinajstić information content (AvgIpc) is 3.19. The second kappa shape index (κ2) is 8.27. The number of benzene rings is 2.